The Morgan fingerprint density at radius 3 is 2.38 bits per heavy atom. The van der Waals surface area contributed by atoms with Crippen LogP contribution in [0.3, 0.4) is 0 Å². The summed E-state index contributed by atoms with van der Waals surface area (Å²) in [5, 5.41) is 11.0. The van der Waals surface area contributed by atoms with Crippen molar-refractivity contribution < 1.29 is 26.0 Å². The van der Waals surface area contributed by atoms with Crippen LogP contribution in [0.25, 0.3) is 21.9 Å². The van der Waals surface area contributed by atoms with E-state index in [0.717, 1.165) is 80.4 Å². The molecule has 11 nitrogen and oxygen atoms in total. The van der Waals surface area contributed by atoms with E-state index in [4.69, 9.17) is 4.42 Å². The lowest BCUT2D eigenvalue weighted by Gasteiger charge is -2.36. The SMILES string of the molecule is CCCCS(=O)(=O)NC(=O)c1cc2cc(N3CCN(CCCCc4cn(S(=O)(=O)CCCC)c5ccc(C#N)cc45)CC3)ccc2o1. The largest absolute Gasteiger partial charge is 0.451 e. The van der Waals surface area contributed by atoms with Gasteiger partial charge >= 0.3 is 0 Å². The highest BCUT2D eigenvalue weighted by Crippen LogP contribution is 2.28. The molecule has 1 aliphatic rings. The zero-order valence-electron chi connectivity index (χ0n) is 27.1. The first-order chi connectivity index (χ1) is 22.5. The predicted molar refractivity (Wildman–Crippen MR) is 185 cm³/mol. The number of nitriles is 1. The van der Waals surface area contributed by atoms with Crippen LogP contribution >= 0.6 is 0 Å². The van der Waals surface area contributed by atoms with E-state index in [2.05, 4.69) is 20.6 Å². The Hall–Kier alpha value is -3.86. The van der Waals surface area contributed by atoms with Gasteiger partial charge in [-0.3, -0.25) is 9.69 Å². The molecule has 2 aromatic heterocycles. The molecular weight excluding hydrogens is 639 g/mol. The maximum Gasteiger partial charge on any atom is 0.300 e. The number of aryl methyl sites for hydroxylation is 1. The Morgan fingerprint density at radius 2 is 1.66 bits per heavy atom. The zero-order valence-corrected chi connectivity index (χ0v) is 28.7. The van der Waals surface area contributed by atoms with E-state index in [1.165, 1.54) is 3.97 Å². The molecule has 5 rings (SSSR count). The summed E-state index contributed by atoms with van der Waals surface area (Å²) < 4.78 is 59.5. The fourth-order valence-corrected chi connectivity index (χ4v) is 8.74. The summed E-state index contributed by atoms with van der Waals surface area (Å²) in [7, 11) is -7.18. The van der Waals surface area contributed by atoms with E-state index in [1.54, 1.807) is 30.5 Å². The first-order valence-electron chi connectivity index (χ1n) is 16.4. The van der Waals surface area contributed by atoms with Gasteiger partial charge in [-0.1, -0.05) is 26.7 Å². The van der Waals surface area contributed by atoms with Gasteiger partial charge in [0.2, 0.25) is 20.0 Å². The average Bonchev–Trinajstić information content (AvgIpc) is 3.66. The lowest BCUT2D eigenvalue weighted by atomic mass is 10.1. The molecule has 0 atom stereocenters. The molecule has 0 radical (unpaired) electrons. The van der Waals surface area contributed by atoms with Crippen molar-refractivity contribution in [2.75, 3.05) is 49.1 Å². The smallest absolute Gasteiger partial charge is 0.300 e. The number of piperazine rings is 1. The molecule has 252 valence electrons. The van der Waals surface area contributed by atoms with Crippen molar-refractivity contribution in [2.45, 2.75) is 58.8 Å². The third-order valence-corrected chi connectivity index (χ3v) is 11.7. The molecule has 1 amide bonds. The van der Waals surface area contributed by atoms with Crippen LogP contribution in [-0.2, 0) is 26.5 Å². The number of benzene rings is 2. The summed E-state index contributed by atoms with van der Waals surface area (Å²) in [6.45, 7) is 8.27. The molecule has 3 heterocycles. The molecule has 0 bridgehead atoms. The van der Waals surface area contributed by atoms with Crippen molar-refractivity contribution in [1.82, 2.24) is 13.6 Å². The number of aromatic nitrogens is 1. The van der Waals surface area contributed by atoms with Crippen molar-refractivity contribution in [2.24, 2.45) is 0 Å². The standard InChI is InChI=1S/C34H43N5O6S2/c1-3-5-19-46(41,42)36-34(40)33-23-28-22-29(11-13-32(28)45-33)38-17-15-37(16-18-38)14-8-7-9-27-25-39(47(43,44)20-6-4-2)31-12-10-26(24-35)21-30(27)31/h10-13,21-23,25H,3-9,14-20H2,1-2H3,(H,36,40). The number of furan rings is 1. The second kappa shape index (κ2) is 14.9. The van der Waals surface area contributed by atoms with Crippen LogP contribution < -0.4 is 9.62 Å². The highest BCUT2D eigenvalue weighted by atomic mass is 32.2. The Balaban J connectivity index is 1.14. The molecule has 0 spiro atoms. The number of fused-ring (bicyclic) bond motifs is 2. The highest BCUT2D eigenvalue weighted by Gasteiger charge is 2.22. The number of carbonyl (C=O) groups is 1. The van der Waals surface area contributed by atoms with Crippen LogP contribution in [0.15, 0.2) is 53.1 Å². The normalized spacial score (nSPS) is 14.5. The number of amides is 1. The number of hydrogen-bond acceptors (Lipinski definition) is 9. The zero-order chi connectivity index (χ0) is 33.6. The summed E-state index contributed by atoms with van der Waals surface area (Å²) >= 11 is 0. The van der Waals surface area contributed by atoms with Gasteiger partial charge in [0, 0.05) is 48.8 Å². The number of carbonyl (C=O) groups excluding carboxylic acids is 1. The summed E-state index contributed by atoms with van der Waals surface area (Å²) in [5.74, 6) is -0.803. The van der Waals surface area contributed by atoms with Gasteiger partial charge in [0.05, 0.1) is 28.7 Å². The predicted octanol–water partition coefficient (Wildman–Crippen LogP) is 5.24. The third-order valence-electron chi connectivity index (χ3n) is 8.68. The molecular formula is C34H43N5O6S2. The fraction of sp³-hybridized carbons (Fsp3) is 0.471. The van der Waals surface area contributed by atoms with Gasteiger partial charge in [-0.25, -0.2) is 25.5 Å². The van der Waals surface area contributed by atoms with Crippen molar-refractivity contribution in [3.8, 4) is 6.07 Å². The quantitative estimate of drug-likeness (QED) is 0.167. The molecule has 47 heavy (non-hydrogen) atoms. The van der Waals surface area contributed by atoms with Crippen LogP contribution in [0.4, 0.5) is 5.69 Å². The van der Waals surface area contributed by atoms with Crippen molar-refractivity contribution in [3.05, 3.63) is 65.5 Å². The van der Waals surface area contributed by atoms with E-state index in [9.17, 15) is 26.9 Å². The fourth-order valence-electron chi connectivity index (χ4n) is 5.99. The highest BCUT2D eigenvalue weighted by molar-refractivity contribution is 7.90. The minimum atomic E-state index is -3.71. The van der Waals surface area contributed by atoms with E-state index < -0.39 is 26.0 Å². The lowest BCUT2D eigenvalue weighted by molar-refractivity contribution is 0.0956. The van der Waals surface area contributed by atoms with Crippen LogP contribution in [0.1, 0.15) is 74.1 Å². The minimum Gasteiger partial charge on any atom is -0.451 e. The van der Waals surface area contributed by atoms with E-state index in [-0.39, 0.29) is 17.3 Å². The van der Waals surface area contributed by atoms with Crippen LogP contribution in [0.2, 0.25) is 0 Å². The van der Waals surface area contributed by atoms with Crippen LogP contribution in [0.5, 0.6) is 0 Å². The van der Waals surface area contributed by atoms with Gasteiger partial charge in [-0.2, -0.15) is 5.26 Å². The third kappa shape index (κ3) is 8.36. The van der Waals surface area contributed by atoms with E-state index >= 15 is 0 Å². The Labute approximate surface area is 277 Å². The van der Waals surface area contributed by atoms with Gasteiger partial charge in [0.1, 0.15) is 5.58 Å². The van der Waals surface area contributed by atoms with E-state index in [0.29, 0.717) is 35.9 Å². The monoisotopic (exact) mass is 681 g/mol. The first-order valence-corrected chi connectivity index (χ1v) is 19.6. The van der Waals surface area contributed by atoms with Gasteiger partial charge < -0.3 is 9.32 Å². The van der Waals surface area contributed by atoms with Crippen molar-refractivity contribution in [1.29, 1.82) is 5.26 Å². The topological polar surface area (TPSA) is 146 Å². The minimum absolute atomic E-state index is 0.0322. The van der Waals surface area contributed by atoms with Crippen LogP contribution in [0, 0.1) is 11.3 Å². The second-order valence-corrected chi connectivity index (χ2v) is 16.0. The molecule has 1 fully saturated rings. The summed E-state index contributed by atoms with van der Waals surface area (Å²) in [5.41, 5.74) is 3.65. The molecule has 1 saturated heterocycles. The molecule has 0 unspecified atom stereocenters. The molecule has 1 N–H and O–H groups in total. The van der Waals surface area contributed by atoms with E-state index in [1.807, 2.05) is 32.0 Å². The van der Waals surface area contributed by atoms with Crippen molar-refractivity contribution >= 4 is 53.5 Å². The number of nitrogens with zero attached hydrogens (tertiary/aromatic N) is 4. The Morgan fingerprint density at radius 1 is 0.915 bits per heavy atom. The molecule has 2 aromatic carbocycles. The molecule has 1 aliphatic heterocycles. The van der Waals surface area contributed by atoms with Crippen LogP contribution in [-0.4, -0.2) is 75.8 Å². The molecule has 4 aromatic rings. The van der Waals surface area contributed by atoms with Gasteiger partial charge in [-0.05, 0) is 86.7 Å². The molecule has 0 saturated carbocycles. The number of sulfonamides is 1. The number of nitrogens with one attached hydrogen (secondary N) is 1. The summed E-state index contributed by atoms with van der Waals surface area (Å²) in [6.07, 6.45) is 6.94. The number of rotatable bonds is 15. The summed E-state index contributed by atoms with van der Waals surface area (Å²) in [4.78, 5) is 17.2. The maximum atomic E-state index is 13.1. The summed E-state index contributed by atoms with van der Waals surface area (Å²) in [6, 6.07) is 14.7. The Bertz CT molecular complexity index is 1980. The maximum absolute atomic E-state index is 13.1. The number of unbranched alkanes of at least 4 members (excludes halogenated alkanes) is 3. The van der Waals surface area contributed by atoms with Gasteiger partial charge in [0.25, 0.3) is 5.91 Å². The lowest BCUT2D eigenvalue weighted by Crippen LogP contribution is -2.46. The number of hydrogen-bond donors (Lipinski definition) is 1. The van der Waals surface area contributed by atoms with Gasteiger partial charge in [-0.15, -0.1) is 0 Å². The molecule has 13 heteroatoms. The number of anilines is 1. The Kier molecular flexibility index (Phi) is 10.9. The average molecular weight is 682 g/mol. The first kappa shape index (κ1) is 34.5. The second-order valence-electron chi connectivity index (χ2n) is 12.2. The van der Waals surface area contributed by atoms with Gasteiger partial charge in [0.15, 0.2) is 5.76 Å². The molecule has 0 aliphatic carbocycles. The van der Waals surface area contributed by atoms with Crippen molar-refractivity contribution in [3.63, 3.8) is 0 Å².